The number of hydrogen-bond donors (Lipinski definition) is 0. The Morgan fingerprint density at radius 2 is 1.67 bits per heavy atom. The minimum atomic E-state index is 0.0209. The van der Waals surface area contributed by atoms with Crippen molar-refractivity contribution in [2.24, 2.45) is 0 Å². The van der Waals surface area contributed by atoms with Crippen LogP contribution in [-0.4, -0.2) is 5.91 Å². The monoisotopic (exact) mass is 239 g/mol. The summed E-state index contributed by atoms with van der Waals surface area (Å²) in [6.07, 6.45) is 1.88. The van der Waals surface area contributed by atoms with Crippen LogP contribution >= 0.6 is 0 Å². The van der Waals surface area contributed by atoms with Crippen LogP contribution in [0.3, 0.4) is 0 Å². The molecule has 0 spiro atoms. The minimum Gasteiger partial charge on any atom is -0.288 e. The van der Waals surface area contributed by atoms with Crippen molar-refractivity contribution in [2.75, 3.05) is 4.90 Å². The van der Waals surface area contributed by atoms with Gasteiger partial charge in [0.15, 0.2) is 0 Å². The maximum absolute atomic E-state index is 11.8. The molecule has 2 heteroatoms. The quantitative estimate of drug-likeness (QED) is 0.772. The highest BCUT2D eigenvalue weighted by molar-refractivity contribution is 6.04. The summed E-state index contributed by atoms with van der Waals surface area (Å²) in [5.74, 6) is 0.0209. The third kappa shape index (κ3) is 2.43. The second-order valence-electron chi connectivity index (χ2n) is 4.59. The Morgan fingerprint density at radius 3 is 2.33 bits per heavy atom. The molecular weight excluding hydrogens is 222 g/mol. The van der Waals surface area contributed by atoms with Crippen molar-refractivity contribution < 1.29 is 4.79 Å². The Labute approximate surface area is 108 Å². The molecule has 0 N–H and O–H groups in total. The van der Waals surface area contributed by atoms with Gasteiger partial charge in [-0.15, -0.1) is 0 Å². The first-order chi connectivity index (χ1) is 8.59. The van der Waals surface area contributed by atoms with Crippen LogP contribution in [0.5, 0.6) is 0 Å². The fourth-order valence-electron chi connectivity index (χ4n) is 2.01. The Morgan fingerprint density at radius 1 is 1.00 bits per heavy atom. The molecule has 0 heterocycles. The zero-order chi connectivity index (χ0) is 13.1. The first-order valence-corrected chi connectivity index (χ1v) is 6.02. The van der Waals surface area contributed by atoms with Gasteiger partial charge in [0, 0.05) is 18.5 Å². The van der Waals surface area contributed by atoms with Crippen molar-refractivity contribution >= 4 is 22.4 Å². The summed E-state index contributed by atoms with van der Waals surface area (Å²) in [6.45, 7) is 5.56. The van der Waals surface area contributed by atoms with Crippen LogP contribution in [0.4, 0.5) is 5.69 Å². The Kier molecular flexibility index (Phi) is 3.47. The van der Waals surface area contributed by atoms with Gasteiger partial charge in [-0.1, -0.05) is 42.0 Å². The molecule has 2 aromatic rings. The number of nitrogens with zero attached hydrogens (tertiary/aromatic N) is 1. The van der Waals surface area contributed by atoms with E-state index in [0.29, 0.717) is 0 Å². The summed E-state index contributed by atoms with van der Waals surface area (Å²) >= 11 is 0. The van der Waals surface area contributed by atoms with E-state index in [1.807, 2.05) is 50.4 Å². The lowest BCUT2D eigenvalue weighted by atomic mass is 10.1. The minimum absolute atomic E-state index is 0.0209. The SMILES string of the molecule is CC(=O)N(C=C(C)C)c1cccc2ccccc12. The second-order valence-corrected chi connectivity index (χ2v) is 4.59. The van der Waals surface area contributed by atoms with Crippen molar-refractivity contribution in [3.8, 4) is 0 Å². The topological polar surface area (TPSA) is 20.3 Å². The molecule has 0 bridgehead atoms. The summed E-state index contributed by atoms with van der Waals surface area (Å²) in [4.78, 5) is 13.5. The number of hydrogen-bond acceptors (Lipinski definition) is 1. The lowest BCUT2D eigenvalue weighted by Crippen LogP contribution is -2.22. The van der Waals surface area contributed by atoms with E-state index in [1.165, 1.54) is 0 Å². The molecule has 0 saturated heterocycles. The van der Waals surface area contributed by atoms with Crippen LogP contribution in [0.15, 0.2) is 54.2 Å². The Bertz CT molecular complexity index is 604. The normalized spacial score (nSPS) is 10.2. The fourth-order valence-corrected chi connectivity index (χ4v) is 2.01. The number of benzene rings is 2. The number of allylic oxidation sites excluding steroid dienone is 1. The van der Waals surface area contributed by atoms with E-state index in [4.69, 9.17) is 0 Å². The number of fused-ring (bicyclic) bond motifs is 1. The highest BCUT2D eigenvalue weighted by atomic mass is 16.2. The van der Waals surface area contributed by atoms with Gasteiger partial charge in [0.2, 0.25) is 5.91 Å². The van der Waals surface area contributed by atoms with Crippen LogP contribution in [0, 0.1) is 0 Å². The van der Waals surface area contributed by atoms with Crippen molar-refractivity contribution in [1.82, 2.24) is 0 Å². The van der Waals surface area contributed by atoms with Gasteiger partial charge in [0.1, 0.15) is 0 Å². The molecule has 1 amide bonds. The Hall–Kier alpha value is -2.09. The molecule has 18 heavy (non-hydrogen) atoms. The van der Waals surface area contributed by atoms with E-state index in [0.717, 1.165) is 22.0 Å². The molecular formula is C16H17NO. The first kappa shape index (κ1) is 12.4. The highest BCUT2D eigenvalue weighted by Gasteiger charge is 2.11. The van der Waals surface area contributed by atoms with Gasteiger partial charge in [-0.25, -0.2) is 0 Å². The summed E-state index contributed by atoms with van der Waals surface area (Å²) in [5, 5.41) is 2.23. The molecule has 0 saturated carbocycles. The van der Waals surface area contributed by atoms with Gasteiger partial charge in [-0.05, 0) is 25.3 Å². The molecule has 0 atom stereocenters. The van der Waals surface area contributed by atoms with Crippen LogP contribution in [0.1, 0.15) is 20.8 Å². The second kappa shape index (κ2) is 5.05. The first-order valence-electron chi connectivity index (χ1n) is 6.02. The van der Waals surface area contributed by atoms with Crippen molar-refractivity contribution in [3.63, 3.8) is 0 Å². The zero-order valence-electron chi connectivity index (χ0n) is 11.0. The van der Waals surface area contributed by atoms with Crippen molar-refractivity contribution in [2.45, 2.75) is 20.8 Å². The predicted molar refractivity (Wildman–Crippen MR) is 76.5 cm³/mol. The third-order valence-electron chi connectivity index (χ3n) is 2.75. The van der Waals surface area contributed by atoms with E-state index >= 15 is 0 Å². The number of rotatable bonds is 2. The average Bonchev–Trinajstić information content (AvgIpc) is 2.35. The van der Waals surface area contributed by atoms with E-state index < -0.39 is 0 Å². The lowest BCUT2D eigenvalue weighted by Gasteiger charge is -2.19. The van der Waals surface area contributed by atoms with E-state index in [-0.39, 0.29) is 5.91 Å². The van der Waals surface area contributed by atoms with Crippen LogP contribution in [0.25, 0.3) is 10.8 Å². The van der Waals surface area contributed by atoms with Crippen LogP contribution in [-0.2, 0) is 4.79 Å². The largest absolute Gasteiger partial charge is 0.288 e. The number of amides is 1. The van der Waals surface area contributed by atoms with E-state index in [9.17, 15) is 4.79 Å². The zero-order valence-corrected chi connectivity index (χ0v) is 11.0. The maximum Gasteiger partial charge on any atom is 0.227 e. The van der Waals surface area contributed by atoms with Crippen molar-refractivity contribution in [1.29, 1.82) is 0 Å². The van der Waals surface area contributed by atoms with E-state index in [1.54, 1.807) is 11.8 Å². The number of carbonyl (C=O) groups excluding carboxylic acids is 1. The molecule has 0 aliphatic heterocycles. The molecule has 2 rings (SSSR count). The lowest BCUT2D eigenvalue weighted by molar-refractivity contribution is -0.116. The van der Waals surface area contributed by atoms with Gasteiger partial charge in [0.05, 0.1) is 5.69 Å². The van der Waals surface area contributed by atoms with Crippen molar-refractivity contribution in [3.05, 3.63) is 54.2 Å². The summed E-state index contributed by atoms with van der Waals surface area (Å²) < 4.78 is 0. The van der Waals surface area contributed by atoms with Crippen LogP contribution < -0.4 is 4.90 Å². The maximum atomic E-state index is 11.8. The predicted octanol–water partition coefficient (Wildman–Crippen LogP) is 4.12. The third-order valence-corrected chi connectivity index (χ3v) is 2.75. The fraction of sp³-hybridized carbons (Fsp3) is 0.188. The number of carbonyl (C=O) groups is 1. The standard InChI is InChI=1S/C16H17NO/c1-12(2)11-17(13(3)18)16-10-6-8-14-7-4-5-9-15(14)16/h4-11H,1-3H3. The molecule has 0 radical (unpaired) electrons. The van der Waals surface area contributed by atoms with Gasteiger partial charge < -0.3 is 0 Å². The van der Waals surface area contributed by atoms with Crippen LogP contribution in [0.2, 0.25) is 0 Å². The molecule has 2 nitrogen and oxygen atoms in total. The number of anilines is 1. The van der Waals surface area contributed by atoms with E-state index in [2.05, 4.69) is 12.1 Å². The molecule has 0 aliphatic rings. The summed E-state index contributed by atoms with van der Waals surface area (Å²) in [7, 11) is 0. The molecule has 0 aliphatic carbocycles. The molecule has 0 fully saturated rings. The summed E-state index contributed by atoms with van der Waals surface area (Å²) in [6, 6.07) is 14.1. The smallest absolute Gasteiger partial charge is 0.227 e. The molecule has 2 aromatic carbocycles. The summed E-state index contributed by atoms with van der Waals surface area (Å²) in [5.41, 5.74) is 2.03. The average molecular weight is 239 g/mol. The van der Waals surface area contributed by atoms with Gasteiger partial charge in [-0.3, -0.25) is 9.69 Å². The van der Waals surface area contributed by atoms with Gasteiger partial charge in [-0.2, -0.15) is 0 Å². The van der Waals surface area contributed by atoms with Gasteiger partial charge >= 0.3 is 0 Å². The molecule has 0 aromatic heterocycles. The molecule has 92 valence electrons. The molecule has 0 unspecified atom stereocenters. The van der Waals surface area contributed by atoms with Gasteiger partial charge in [0.25, 0.3) is 0 Å². The highest BCUT2D eigenvalue weighted by Crippen LogP contribution is 2.27. The Balaban J connectivity index is 2.64.